The van der Waals surface area contributed by atoms with Gasteiger partial charge < -0.3 is 0 Å². The lowest BCUT2D eigenvalue weighted by Crippen LogP contribution is -2.07. The zero-order chi connectivity index (χ0) is 19.0. The molecule has 0 saturated heterocycles. The highest BCUT2D eigenvalue weighted by Gasteiger charge is 2.13. The standard InChI is InChI=1S/C28H26/c1-4-10-23(11-5-1)20-25-16-18-26(19-17-25)22-28(27-14-8-3-9-15-27)21-24-12-6-2-7-13-24/h1-19,28H,20-22H2. The second-order valence-electron chi connectivity index (χ2n) is 7.48. The minimum atomic E-state index is 0.489. The molecule has 0 aromatic heterocycles. The monoisotopic (exact) mass is 362 g/mol. The molecule has 0 aliphatic heterocycles. The van der Waals surface area contributed by atoms with Gasteiger partial charge in [0.05, 0.1) is 0 Å². The summed E-state index contributed by atoms with van der Waals surface area (Å²) in [5.74, 6) is 0.489. The van der Waals surface area contributed by atoms with Gasteiger partial charge >= 0.3 is 0 Å². The van der Waals surface area contributed by atoms with Gasteiger partial charge in [-0.05, 0) is 53.0 Å². The molecule has 28 heavy (non-hydrogen) atoms. The van der Waals surface area contributed by atoms with E-state index in [9.17, 15) is 0 Å². The number of benzene rings is 4. The van der Waals surface area contributed by atoms with E-state index < -0.39 is 0 Å². The number of hydrogen-bond donors (Lipinski definition) is 0. The van der Waals surface area contributed by atoms with Crippen molar-refractivity contribution in [1.82, 2.24) is 0 Å². The van der Waals surface area contributed by atoms with E-state index in [1.807, 2.05) is 0 Å². The predicted molar refractivity (Wildman–Crippen MR) is 119 cm³/mol. The zero-order valence-corrected chi connectivity index (χ0v) is 16.2. The molecule has 1 unspecified atom stereocenters. The second-order valence-corrected chi connectivity index (χ2v) is 7.48. The maximum atomic E-state index is 2.30. The van der Waals surface area contributed by atoms with Gasteiger partial charge in [-0.1, -0.05) is 115 Å². The Morgan fingerprint density at radius 2 is 0.786 bits per heavy atom. The van der Waals surface area contributed by atoms with Crippen LogP contribution in [0.1, 0.15) is 33.7 Å². The third kappa shape index (κ3) is 4.98. The van der Waals surface area contributed by atoms with Crippen LogP contribution in [0.15, 0.2) is 115 Å². The first-order valence-corrected chi connectivity index (χ1v) is 10.1. The summed E-state index contributed by atoms with van der Waals surface area (Å²) < 4.78 is 0. The van der Waals surface area contributed by atoms with Crippen LogP contribution in [0.5, 0.6) is 0 Å². The molecule has 4 aromatic carbocycles. The summed E-state index contributed by atoms with van der Waals surface area (Å²) in [6, 6.07) is 41.6. The fourth-order valence-corrected chi connectivity index (χ4v) is 3.84. The van der Waals surface area contributed by atoms with Gasteiger partial charge in [-0.2, -0.15) is 0 Å². The highest BCUT2D eigenvalue weighted by atomic mass is 14.2. The minimum absolute atomic E-state index is 0.489. The van der Waals surface area contributed by atoms with Crippen molar-refractivity contribution in [3.63, 3.8) is 0 Å². The summed E-state index contributed by atoms with van der Waals surface area (Å²) >= 11 is 0. The molecular formula is C28H26. The second kappa shape index (κ2) is 9.19. The molecule has 0 amide bonds. The third-order valence-corrected chi connectivity index (χ3v) is 5.35. The lowest BCUT2D eigenvalue weighted by Gasteiger charge is -2.18. The molecule has 0 spiro atoms. The van der Waals surface area contributed by atoms with Crippen LogP contribution in [0.4, 0.5) is 0 Å². The smallest absolute Gasteiger partial charge is 0.00258 e. The molecule has 0 heteroatoms. The van der Waals surface area contributed by atoms with Crippen molar-refractivity contribution in [2.45, 2.75) is 25.2 Å². The first kappa shape index (κ1) is 18.3. The Kier molecular flexibility index (Phi) is 5.99. The lowest BCUT2D eigenvalue weighted by atomic mass is 9.86. The van der Waals surface area contributed by atoms with Crippen molar-refractivity contribution in [3.8, 4) is 0 Å². The Morgan fingerprint density at radius 1 is 0.393 bits per heavy atom. The minimum Gasteiger partial charge on any atom is -0.0622 e. The molecule has 0 heterocycles. The van der Waals surface area contributed by atoms with Crippen LogP contribution in [-0.4, -0.2) is 0 Å². The Bertz CT molecular complexity index is 955. The van der Waals surface area contributed by atoms with Crippen molar-refractivity contribution < 1.29 is 0 Å². The van der Waals surface area contributed by atoms with Gasteiger partial charge in [0.25, 0.3) is 0 Å². The summed E-state index contributed by atoms with van der Waals surface area (Å²) in [5.41, 5.74) is 6.95. The molecule has 0 bridgehead atoms. The fraction of sp³-hybridized carbons (Fsp3) is 0.143. The topological polar surface area (TPSA) is 0 Å². The summed E-state index contributed by atoms with van der Waals surface area (Å²) in [5, 5.41) is 0. The molecule has 4 rings (SSSR count). The van der Waals surface area contributed by atoms with E-state index in [1.165, 1.54) is 27.8 Å². The van der Waals surface area contributed by atoms with Gasteiger partial charge in [-0.25, -0.2) is 0 Å². The molecular weight excluding hydrogens is 336 g/mol. The average Bonchev–Trinajstić information content (AvgIpc) is 2.77. The van der Waals surface area contributed by atoms with Crippen LogP contribution in [0.3, 0.4) is 0 Å². The number of hydrogen-bond acceptors (Lipinski definition) is 0. The van der Waals surface area contributed by atoms with Gasteiger partial charge in [-0.3, -0.25) is 0 Å². The summed E-state index contributed by atoms with van der Waals surface area (Å²) in [7, 11) is 0. The van der Waals surface area contributed by atoms with Gasteiger partial charge in [0.1, 0.15) is 0 Å². The van der Waals surface area contributed by atoms with Crippen molar-refractivity contribution in [2.75, 3.05) is 0 Å². The lowest BCUT2D eigenvalue weighted by molar-refractivity contribution is 0.680. The van der Waals surface area contributed by atoms with Crippen LogP contribution >= 0.6 is 0 Å². The summed E-state index contributed by atoms with van der Waals surface area (Å²) in [6.45, 7) is 0. The van der Waals surface area contributed by atoms with E-state index in [-0.39, 0.29) is 0 Å². The fourth-order valence-electron chi connectivity index (χ4n) is 3.84. The van der Waals surface area contributed by atoms with E-state index in [0.29, 0.717) is 5.92 Å². The zero-order valence-electron chi connectivity index (χ0n) is 16.2. The normalized spacial score (nSPS) is 11.9. The molecule has 0 N–H and O–H groups in total. The first-order chi connectivity index (χ1) is 13.9. The molecule has 4 aromatic rings. The molecule has 1 atom stereocenters. The summed E-state index contributed by atoms with van der Waals surface area (Å²) in [4.78, 5) is 0. The third-order valence-electron chi connectivity index (χ3n) is 5.35. The van der Waals surface area contributed by atoms with Gasteiger partial charge in [0, 0.05) is 0 Å². The largest absolute Gasteiger partial charge is 0.0622 e. The Labute approximate surface area is 168 Å². The molecule has 0 saturated carbocycles. The molecule has 138 valence electrons. The maximum Gasteiger partial charge on any atom is -0.00258 e. The van der Waals surface area contributed by atoms with Crippen LogP contribution < -0.4 is 0 Å². The van der Waals surface area contributed by atoms with Crippen LogP contribution in [0, 0.1) is 0 Å². The quantitative estimate of drug-likeness (QED) is 0.337. The van der Waals surface area contributed by atoms with Crippen LogP contribution in [-0.2, 0) is 19.3 Å². The molecule has 0 radical (unpaired) electrons. The molecule has 0 nitrogen and oxygen atoms in total. The Balaban J connectivity index is 1.50. The van der Waals surface area contributed by atoms with E-state index in [0.717, 1.165) is 19.3 Å². The van der Waals surface area contributed by atoms with E-state index in [4.69, 9.17) is 0 Å². The van der Waals surface area contributed by atoms with Crippen LogP contribution in [0.2, 0.25) is 0 Å². The van der Waals surface area contributed by atoms with Crippen molar-refractivity contribution >= 4 is 0 Å². The summed E-state index contributed by atoms with van der Waals surface area (Å²) in [6.07, 6.45) is 3.12. The van der Waals surface area contributed by atoms with Crippen LogP contribution in [0.25, 0.3) is 0 Å². The Hall–Kier alpha value is -3.12. The molecule has 0 fully saturated rings. The molecule has 0 aliphatic carbocycles. The van der Waals surface area contributed by atoms with Crippen molar-refractivity contribution in [3.05, 3.63) is 143 Å². The van der Waals surface area contributed by atoms with Crippen molar-refractivity contribution in [1.29, 1.82) is 0 Å². The maximum absolute atomic E-state index is 2.30. The first-order valence-electron chi connectivity index (χ1n) is 10.1. The highest BCUT2D eigenvalue weighted by molar-refractivity contribution is 5.31. The van der Waals surface area contributed by atoms with E-state index in [2.05, 4.69) is 115 Å². The highest BCUT2D eigenvalue weighted by Crippen LogP contribution is 2.25. The van der Waals surface area contributed by atoms with Gasteiger partial charge in [0.2, 0.25) is 0 Å². The van der Waals surface area contributed by atoms with E-state index in [1.54, 1.807) is 0 Å². The Morgan fingerprint density at radius 3 is 1.36 bits per heavy atom. The predicted octanol–water partition coefficient (Wildman–Crippen LogP) is 6.85. The van der Waals surface area contributed by atoms with Crippen molar-refractivity contribution in [2.24, 2.45) is 0 Å². The number of rotatable bonds is 7. The van der Waals surface area contributed by atoms with Gasteiger partial charge in [0.15, 0.2) is 0 Å². The van der Waals surface area contributed by atoms with Gasteiger partial charge in [-0.15, -0.1) is 0 Å². The van der Waals surface area contributed by atoms with E-state index >= 15 is 0 Å². The molecule has 0 aliphatic rings. The average molecular weight is 363 g/mol. The SMILES string of the molecule is c1ccc(Cc2ccc(CC(Cc3ccccc3)c3ccccc3)cc2)cc1.